The average Bonchev–Trinajstić information content (AvgIpc) is 2.77. The van der Waals surface area contributed by atoms with Gasteiger partial charge in [0.2, 0.25) is 18.3 Å². The number of hydrogen-bond acceptors (Lipinski definition) is 7. The Kier molecular flexibility index (Phi) is 9.00. The van der Waals surface area contributed by atoms with E-state index in [-0.39, 0.29) is 31.4 Å². The first-order chi connectivity index (χ1) is 14.1. The molecule has 156 valence electrons. The number of aromatic nitrogens is 2. The van der Waals surface area contributed by atoms with E-state index in [1.807, 2.05) is 12.1 Å². The van der Waals surface area contributed by atoms with Crippen molar-refractivity contribution in [2.45, 2.75) is 39.2 Å². The van der Waals surface area contributed by atoms with Gasteiger partial charge >= 0.3 is 0 Å². The number of aliphatic hydroxyl groups is 1. The summed E-state index contributed by atoms with van der Waals surface area (Å²) >= 11 is 0. The summed E-state index contributed by atoms with van der Waals surface area (Å²) in [4.78, 5) is 31.6. The van der Waals surface area contributed by atoms with E-state index in [0.29, 0.717) is 17.2 Å². The molecule has 0 saturated carbocycles. The van der Waals surface area contributed by atoms with Gasteiger partial charge in [-0.2, -0.15) is 0 Å². The minimum absolute atomic E-state index is 0.0301. The van der Waals surface area contributed by atoms with E-state index >= 15 is 0 Å². The second kappa shape index (κ2) is 11.7. The molecule has 0 spiro atoms. The number of hydrogen-bond donors (Lipinski definition) is 4. The maximum atomic E-state index is 12.5. The monoisotopic (exact) mass is 401 g/mol. The molecule has 9 nitrogen and oxygen atoms in total. The first kappa shape index (κ1) is 22.3. The Bertz CT molecular complexity index is 785. The van der Waals surface area contributed by atoms with Crippen molar-refractivity contribution in [3.63, 3.8) is 0 Å². The van der Waals surface area contributed by atoms with Gasteiger partial charge < -0.3 is 5.11 Å². The number of unbranched alkanes of at least 4 members (excludes halogenated alkanes) is 2. The first-order valence-corrected chi connectivity index (χ1v) is 9.57. The Morgan fingerprint density at radius 3 is 2.66 bits per heavy atom. The van der Waals surface area contributed by atoms with Crippen molar-refractivity contribution in [1.29, 1.82) is 0 Å². The largest absolute Gasteiger partial charge is 0.392 e. The first-order valence-electron chi connectivity index (χ1n) is 9.57. The summed E-state index contributed by atoms with van der Waals surface area (Å²) in [7, 11) is 0. The standard InChI is InChI=1S/C20H27N5O4/c1-2-3-4-5-17(12-25(29)14-27)19(28)23-24-20-21-11-10-18(22-20)16-8-6-15(13-26)7-9-16/h6-11,14,17,26,29H,2-5,12-13H2,1H3,(H,23,28)(H,21,22,24). The molecular weight excluding hydrogens is 374 g/mol. The van der Waals surface area contributed by atoms with Crippen molar-refractivity contribution in [1.82, 2.24) is 20.5 Å². The highest BCUT2D eigenvalue weighted by atomic mass is 16.5. The number of rotatable bonds is 12. The maximum absolute atomic E-state index is 12.5. The Morgan fingerprint density at radius 2 is 2.00 bits per heavy atom. The van der Waals surface area contributed by atoms with Crippen molar-refractivity contribution in [3.8, 4) is 11.3 Å². The van der Waals surface area contributed by atoms with E-state index in [1.165, 1.54) is 0 Å². The highest BCUT2D eigenvalue weighted by Crippen LogP contribution is 2.18. The third-order valence-electron chi connectivity index (χ3n) is 4.44. The van der Waals surface area contributed by atoms with Gasteiger partial charge in [0, 0.05) is 11.8 Å². The van der Waals surface area contributed by atoms with Crippen molar-refractivity contribution >= 4 is 18.3 Å². The van der Waals surface area contributed by atoms with Gasteiger partial charge in [-0.15, -0.1) is 0 Å². The molecule has 4 N–H and O–H groups in total. The summed E-state index contributed by atoms with van der Waals surface area (Å²) in [5.74, 6) is -0.701. The molecule has 2 amide bonds. The lowest BCUT2D eigenvalue weighted by Crippen LogP contribution is -2.40. The number of hydrazine groups is 1. The Hall–Kier alpha value is -3.04. The molecule has 0 radical (unpaired) electrons. The van der Waals surface area contributed by atoms with Gasteiger partial charge in [-0.1, -0.05) is 50.5 Å². The van der Waals surface area contributed by atoms with Crippen molar-refractivity contribution in [3.05, 3.63) is 42.1 Å². The predicted molar refractivity (Wildman–Crippen MR) is 107 cm³/mol. The summed E-state index contributed by atoms with van der Waals surface area (Å²) in [6.07, 6.45) is 5.17. The van der Waals surface area contributed by atoms with Crippen LogP contribution in [0, 0.1) is 5.92 Å². The number of benzene rings is 1. The number of nitrogens with zero attached hydrogens (tertiary/aromatic N) is 3. The normalized spacial score (nSPS) is 11.6. The van der Waals surface area contributed by atoms with Crippen LogP contribution in [0.15, 0.2) is 36.5 Å². The molecule has 0 aliphatic heterocycles. The average molecular weight is 401 g/mol. The van der Waals surface area contributed by atoms with Gasteiger partial charge in [0.15, 0.2) is 0 Å². The highest BCUT2D eigenvalue weighted by Gasteiger charge is 2.20. The molecule has 0 bridgehead atoms. The molecule has 0 saturated heterocycles. The molecule has 0 aliphatic carbocycles. The molecule has 2 aromatic rings. The highest BCUT2D eigenvalue weighted by molar-refractivity contribution is 5.80. The zero-order valence-corrected chi connectivity index (χ0v) is 16.4. The van der Waals surface area contributed by atoms with Gasteiger partial charge in [-0.25, -0.2) is 15.0 Å². The van der Waals surface area contributed by atoms with Gasteiger partial charge in [0.1, 0.15) is 0 Å². The summed E-state index contributed by atoms with van der Waals surface area (Å²) in [6.45, 7) is 1.94. The van der Waals surface area contributed by atoms with Crippen LogP contribution >= 0.6 is 0 Å². The fourth-order valence-corrected chi connectivity index (χ4v) is 2.80. The molecule has 9 heteroatoms. The lowest BCUT2D eigenvalue weighted by Gasteiger charge is -2.19. The summed E-state index contributed by atoms with van der Waals surface area (Å²) < 4.78 is 0. The predicted octanol–water partition coefficient (Wildman–Crippen LogP) is 2.12. The van der Waals surface area contributed by atoms with E-state index in [1.54, 1.807) is 24.4 Å². The van der Waals surface area contributed by atoms with Crippen LogP contribution in [0.25, 0.3) is 11.3 Å². The van der Waals surface area contributed by atoms with Gasteiger partial charge in [-0.05, 0) is 18.1 Å². The number of anilines is 1. The van der Waals surface area contributed by atoms with E-state index in [4.69, 9.17) is 5.11 Å². The van der Waals surface area contributed by atoms with Crippen molar-refractivity contribution < 1.29 is 19.9 Å². The lowest BCUT2D eigenvalue weighted by atomic mass is 10.0. The van der Waals surface area contributed by atoms with E-state index in [0.717, 1.165) is 30.4 Å². The SMILES string of the molecule is CCCCCC(CN(O)C=O)C(=O)NNc1nccc(-c2ccc(CO)cc2)n1. The number of aliphatic hydroxyl groups excluding tert-OH is 1. The molecule has 1 atom stereocenters. The molecule has 29 heavy (non-hydrogen) atoms. The topological polar surface area (TPSA) is 128 Å². The minimum Gasteiger partial charge on any atom is -0.392 e. The lowest BCUT2D eigenvalue weighted by molar-refractivity contribution is -0.154. The van der Waals surface area contributed by atoms with Crippen LogP contribution in [0.2, 0.25) is 0 Å². The molecule has 0 aliphatic rings. The second-order valence-corrected chi connectivity index (χ2v) is 6.65. The number of carbonyl (C=O) groups excluding carboxylic acids is 2. The quantitative estimate of drug-likeness (QED) is 0.186. The van der Waals surface area contributed by atoms with Crippen molar-refractivity contribution in [2.24, 2.45) is 5.92 Å². The molecule has 1 aromatic carbocycles. The van der Waals surface area contributed by atoms with Crippen LogP contribution in [0.5, 0.6) is 0 Å². The van der Waals surface area contributed by atoms with Crippen LogP contribution < -0.4 is 10.9 Å². The van der Waals surface area contributed by atoms with E-state index in [2.05, 4.69) is 27.7 Å². The summed E-state index contributed by atoms with van der Waals surface area (Å²) in [6, 6.07) is 9.04. The van der Waals surface area contributed by atoms with Crippen LogP contribution in [0.4, 0.5) is 5.95 Å². The Labute approximate surface area is 169 Å². The van der Waals surface area contributed by atoms with E-state index < -0.39 is 5.92 Å². The molecule has 1 heterocycles. The molecule has 2 rings (SSSR count). The van der Waals surface area contributed by atoms with Crippen LogP contribution in [-0.2, 0) is 16.2 Å². The summed E-state index contributed by atoms with van der Waals surface area (Å²) in [5, 5.41) is 19.1. The molecular formula is C20H27N5O4. The third kappa shape index (κ3) is 7.13. The van der Waals surface area contributed by atoms with Crippen LogP contribution in [0.1, 0.15) is 38.2 Å². The van der Waals surface area contributed by atoms with Gasteiger partial charge in [0.25, 0.3) is 0 Å². The van der Waals surface area contributed by atoms with Gasteiger partial charge in [-0.3, -0.25) is 25.6 Å². The molecule has 0 fully saturated rings. The fraction of sp³-hybridized carbons (Fsp3) is 0.400. The number of hydroxylamine groups is 2. The fourth-order valence-electron chi connectivity index (χ4n) is 2.80. The maximum Gasteiger partial charge on any atom is 0.243 e. The summed E-state index contributed by atoms with van der Waals surface area (Å²) in [5.41, 5.74) is 7.54. The number of amides is 2. The smallest absolute Gasteiger partial charge is 0.243 e. The number of carbonyl (C=O) groups is 2. The van der Waals surface area contributed by atoms with Crippen molar-refractivity contribution in [2.75, 3.05) is 12.0 Å². The second-order valence-electron chi connectivity index (χ2n) is 6.65. The third-order valence-corrected chi connectivity index (χ3v) is 4.44. The van der Waals surface area contributed by atoms with E-state index in [9.17, 15) is 14.8 Å². The van der Waals surface area contributed by atoms with Crippen LogP contribution in [0.3, 0.4) is 0 Å². The number of nitrogens with one attached hydrogen (secondary N) is 2. The van der Waals surface area contributed by atoms with Crippen LogP contribution in [-0.4, -0.2) is 44.2 Å². The zero-order chi connectivity index (χ0) is 21.1. The Balaban J connectivity index is 2.00. The Morgan fingerprint density at radius 1 is 1.24 bits per heavy atom. The molecule has 1 aromatic heterocycles. The zero-order valence-electron chi connectivity index (χ0n) is 16.4. The van der Waals surface area contributed by atoms with Gasteiger partial charge in [0.05, 0.1) is 24.8 Å². The minimum atomic E-state index is -0.557. The molecule has 1 unspecified atom stereocenters.